The number of nitrogens with one attached hydrogen (secondary N) is 6. The smallest absolute Gasteiger partial charge is 0.408 e. The number of pyridine rings is 2. The molecule has 0 saturated heterocycles. The number of aromatic amines is 2. The molecule has 6 N–H and O–H groups in total. The molecule has 14 heteroatoms. The van der Waals surface area contributed by atoms with Gasteiger partial charge in [0.05, 0.1) is 11.0 Å². The van der Waals surface area contributed by atoms with E-state index in [0.717, 1.165) is 11.1 Å². The first-order valence-electron chi connectivity index (χ1n) is 16.3. The number of anilines is 2. The van der Waals surface area contributed by atoms with Crippen molar-refractivity contribution in [1.82, 2.24) is 20.6 Å². The van der Waals surface area contributed by atoms with Crippen molar-refractivity contribution in [3.05, 3.63) is 129 Å². The van der Waals surface area contributed by atoms with E-state index in [9.17, 15) is 28.8 Å². The number of amides is 4. The molecule has 6 aromatic rings. The van der Waals surface area contributed by atoms with Gasteiger partial charge in [0.2, 0.25) is 22.7 Å². The molecule has 52 heavy (non-hydrogen) atoms. The van der Waals surface area contributed by atoms with Gasteiger partial charge >= 0.3 is 12.2 Å². The van der Waals surface area contributed by atoms with Crippen LogP contribution in [0.2, 0.25) is 0 Å². The second-order valence-corrected chi connectivity index (χ2v) is 12.0. The number of fused-ring (bicyclic) bond motifs is 3. The van der Waals surface area contributed by atoms with Crippen molar-refractivity contribution < 1.29 is 28.7 Å². The number of ether oxygens (including phenoxy) is 2. The van der Waals surface area contributed by atoms with Crippen LogP contribution in [0.25, 0.3) is 32.8 Å². The Labute approximate surface area is 295 Å². The molecule has 0 bridgehead atoms. The van der Waals surface area contributed by atoms with Gasteiger partial charge in [-0.25, -0.2) is 9.59 Å². The molecule has 14 nitrogen and oxygen atoms in total. The minimum Gasteiger partial charge on any atom is -0.445 e. The number of rotatable bonds is 10. The fraction of sp³-hybridized carbons (Fsp3) is 0.158. The zero-order valence-corrected chi connectivity index (χ0v) is 28.1. The van der Waals surface area contributed by atoms with Gasteiger partial charge in [0.15, 0.2) is 0 Å². The highest BCUT2D eigenvalue weighted by Crippen LogP contribution is 2.21. The van der Waals surface area contributed by atoms with Gasteiger partial charge in [-0.2, -0.15) is 0 Å². The number of benzene rings is 4. The summed E-state index contributed by atoms with van der Waals surface area (Å²) in [6.45, 7) is 3.08. The summed E-state index contributed by atoms with van der Waals surface area (Å²) >= 11 is 0. The maximum absolute atomic E-state index is 13.6. The number of carbonyl (C=O) groups excluding carboxylic acids is 4. The van der Waals surface area contributed by atoms with Crippen LogP contribution in [0.3, 0.4) is 0 Å². The number of alkyl carbamates (subject to hydrolysis) is 2. The highest BCUT2D eigenvalue weighted by atomic mass is 16.6. The lowest BCUT2D eigenvalue weighted by atomic mass is 10.1. The Morgan fingerprint density at radius 2 is 0.962 bits per heavy atom. The van der Waals surface area contributed by atoms with Crippen LogP contribution in [0.15, 0.2) is 107 Å². The minimum atomic E-state index is -0.952. The lowest BCUT2D eigenvalue weighted by Crippen LogP contribution is -2.41. The normalized spacial score (nSPS) is 12.1. The molecule has 0 fully saturated rings. The Morgan fingerprint density at radius 3 is 1.35 bits per heavy atom. The summed E-state index contributed by atoms with van der Waals surface area (Å²) in [6, 6.07) is 25.5. The van der Waals surface area contributed by atoms with Crippen LogP contribution in [0.5, 0.6) is 0 Å². The molecule has 0 aliphatic carbocycles. The van der Waals surface area contributed by atoms with Crippen LogP contribution >= 0.6 is 0 Å². The summed E-state index contributed by atoms with van der Waals surface area (Å²) in [6.07, 6.45) is -1.52. The molecule has 2 aromatic heterocycles. The Kier molecular flexibility index (Phi) is 10.3. The second kappa shape index (κ2) is 15.3. The molecule has 0 saturated carbocycles. The van der Waals surface area contributed by atoms with Gasteiger partial charge in [-0.05, 0) is 61.4 Å². The van der Waals surface area contributed by atoms with Crippen LogP contribution in [0, 0.1) is 0 Å². The summed E-state index contributed by atoms with van der Waals surface area (Å²) in [5, 5.41) is 10.7. The van der Waals surface area contributed by atoms with E-state index in [0.29, 0.717) is 22.4 Å². The lowest BCUT2D eigenvalue weighted by Gasteiger charge is -2.15. The van der Waals surface area contributed by atoms with Crippen LogP contribution in [0.4, 0.5) is 21.0 Å². The quantitative estimate of drug-likeness (QED) is 0.107. The number of H-pyrrole nitrogens is 2. The summed E-state index contributed by atoms with van der Waals surface area (Å²) in [7, 11) is 0. The molecule has 4 amide bonds. The van der Waals surface area contributed by atoms with E-state index < -0.39 is 46.9 Å². The van der Waals surface area contributed by atoms with Gasteiger partial charge in [-0.1, -0.05) is 60.7 Å². The van der Waals surface area contributed by atoms with Crippen molar-refractivity contribution in [1.29, 1.82) is 0 Å². The lowest BCUT2D eigenvalue weighted by molar-refractivity contribution is -0.118. The third kappa shape index (κ3) is 8.08. The second-order valence-electron chi connectivity index (χ2n) is 12.0. The minimum absolute atomic E-state index is 0.0216. The molecule has 0 aliphatic heterocycles. The SMILES string of the molecule is C[C@@H](NC(=O)OCc1ccccc1)C(=O)Nc1ccc2[nH]c3c(=O)c4cc(NC(=O)[C@@H](C)NC(=O)OCc5ccccc5)ccc4[nH]c3c(=O)c2c1. The van der Waals surface area contributed by atoms with Crippen LogP contribution < -0.4 is 32.1 Å². The third-order valence-corrected chi connectivity index (χ3v) is 8.17. The van der Waals surface area contributed by atoms with Gasteiger partial charge in [-0.3, -0.25) is 19.2 Å². The van der Waals surface area contributed by atoms with Crippen molar-refractivity contribution in [3.8, 4) is 0 Å². The Morgan fingerprint density at radius 1 is 0.577 bits per heavy atom. The Hall–Kier alpha value is -6.96. The zero-order chi connectivity index (χ0) is 36.8. The van der Waals surface area contributed by atoms with Gasteiger partial charge in [-0.15, -0.1) is 0 Å². The van der Waals surface area contributed by atoms with Gasteiger partial charge < -0.3 is 40.7 Å². The summed E-state index contributed by atoms with van der Waals surface area (Å²) < 4.78 is 10.4. The number of hydrogen-bond donors (Lipinski definition) is 6. The van der Waals surface area contributed by atoms with Gasteiger partial charge in [0, 0.05) is 22.1 Å². The van der Waals surface area contributed by atoms with Crippen molar-refractivity contribution in [2.75, 3.05) is 10.6 Å². The van der Waals surface area contributed by atoms with E-state index in [4.69, 9.17) is 9.47 Å². The van der Waals surface area contributed by atoms with Crippen LogP contribution in [0.1, 0.15) is 25.0 Å². The zero-order valence-electron chi connectivity index (χ0n) is 28.1. The fourth-order valence-electron chi connectivity index (χ4n) is 5.36. The van der Waals surface area contributed by atoms with Crippen LogP contribution in [-0.2, 0) is 32.3 Å². The predicted molar refractivity (Wildman–Crippen MR) is 196 cm³/mol. The highest BCUT2D eigenvalue weighted by molar-refractivity contribution is 6.02. The Bertz CT molecular complexity index is 2260. The first kappa shape index (κ1) is 34.9. The largest absolute Gasteiger partial charge is 0.445 e. The summed E-state index contributed by atoms with van der Waals surface area (Å²) in [4.78, 5) is 83.3. The van der Waals surface area contributed by atoms with E-state index in [1.807, 2.05) is 60.7 Å². The van der Waals surface area contributed by atoms with Gasteiger partial charge in [0.1, 0.15) is 36.3 Å². The topological polar surface area (TPSA) is 201 Å². The average Bonchev–Trinajstić information content (AvgIpc) is 3.15. The van der Waals surface area contributed by atoms with Crippen LogP contribution in [-0.4, -0.2) is 46.1 Å². The van der Waals surface area contributed by atoms with E-state index in [-0.39, 0.29) is 35.0 Å². The molecular weight excluding hydrogens is 668 g/mol. The van der Waals surface area contributed by atoms with E-state index >= 15 is 0 Å². The molecule has 264 valence electrons. The molecular formula is C38H34N6O8. The Balaban J connectivity index is 1.13. The molecule has 4 aromatic carbocycles. The van der Waals surface area contributed by atoms with Crippen molar-refractivity contribution in [2.24, 2.45) is 0 Å². The number of carbonyl (C=O) groups is 4. The summed E-state index contributed by atoms with van der Waals surface area (Å²) in [5.74, 6) is -1.08. The summed E-state index contributed by atoms with van der Waals surface area (Å²) in [5.41, 5.74) is 1.96. The first-order valence-corrected chi connectivity index (χ1v) is 16.3. The monoisotopic (exact) mass is 702 g/mol. The van der Waals surface area contributed by atoms with E-state index in [1.54, 1.807) is 24.3 Å². The van der Waals surface area contributed by atoms with E-state index in [1.165, 1.54) is 26.0 Å². The molecule has 0 unspecified atom stereocenters. The fourth-order valence-corrected chi connectivity index (χ4v) is 5.36. The number of aromatic nitrogens is 2. The van der Waals surface area contributed by atoms with E-state index in [2.05, 4.69) is 31.2 Å². The van der Waals surface area contributed by atoms with Gasteiger partial charge in [0.25, 0.3) is 0 Å². The molecule has 0 spiro atoms. The highest BCUT2D eigenvalue weighted by Gasteiger charge is 2.20. The predicted octanol–water partition coefficient (Wildman–Crippen LogP) is 5.03. The molecule has 2 heterocycles. The third-order valence-electron chi connectivity index (χ3n) is 8.17. The van der Waals surface area contributed by atoms with Crippen molar-refractivity contribution in [3.63, 3.8) is 0 Å². The molecule has 0 aliphatic rings. The molecule has 6 rings (SSSR count). The van der Waals surface area contributed by atoms with Crippen molar-refractivity contribution in [2.45, 2.75) is 39.1 Å². The standard InChI is InChI=1S/C38H34N6O8/c1-21(39-37(49)51-19-23-9-5-3-6-10-23)35(47)41-25-13-15-29-27(17-25)33(45)31-32(43-29)34(46)28-18-26(14-16-30(28)44-31)42-36(48)22(2)40-38(50)52-20-24-11-7-4-8-12-24/h3-18,21-22H,19-20H2,1-2H3,(H,39,49)(H,40,50)(H,41,47)(H,42,48)(H,43,45)(H,44,46)/t21-,22-/m1/s1. The number of hydrogen-bond acceptors (Lipinski definition) is 8. The maximum Gasteiger partial charge on any atom is 0.408 e. The molecule has 2 atom stereocenters. The van der Waals surface area contributed by atoms with Crippen molar-refractivity contribution >= 4 is 68.2 Å². The molecule has 0 radical (unpaired) electrons. The maximum atomic E-state index is 13.6. The first-order chi connectivity index (χ1) is 25.0. The average molecular weight is 703 g/mol.